The molecule has 0 saturated heterocycles. The standard InChI is InChI=1S/C13H13NO7/c1-8(13(17)20-2)21-11-5-3-9(4-6-12(15)16)7-10(11)14(18)19/h3-8H,1-2H3,(H,15,16). The summed E-state index contributed by atoms with van der Waals surface area (Å²) in [5.41, 5.74) is -0.0551. The first-order valence-corrected chi connectivity index (χ1v) is 5.79. The van der Waals surface area contributed by atoms with E-state index >= 15 is 0 Å². The lowest BCUT2D eigenvalue weighted by Gasteiger charge is -2.12. The number of rotatable bonds is 6. The van der Waals surface area contributed by atoms with Gasteiger partial charge in [-0.25, -0.2) is 9.59 Å². The van der Waals surface area contributed by atoms with E-state index in [1.807, 2.05) is 0 Å². The van der Waals surface area contributed by atoms with E-state index in [1.54, 1.807) is 0 Å². The Balaban J connectivity index is 3.08. The number of benzene rings is 1. The molecule has 0 aromatic heterocycles. The highest BCUT2D eigenvalue weighted by Gasteiger charge is 2.21. The third-order valence-electron chi connectivity index (χ3n) is 2.43. The number of aliphatic carboxylic acids is 1. The molecular weight excluding hydrogens is 282 g/mol. The van der Waals surface area contributed by atoms with E-state index in [1.165, 1.54) is 32.2 Å². The van der Waals surface area contributed by atoms with E-state index in [-0.39, 0.29) is 11.4 Å². The number of hydrogen-bond donors (Lipinski definition) is 1. The van der Waals surface area contributed by atoms with Gasteiger partial charge in [0.05, 0.1) is 12.0 Å². The van der Waals surface area contributed by atoms with Crippen molar-refractivity contribution in [1.29, 1.82) is 0 Å². The molecule has 0 radical (unpaired) electrons. The number of esters is 1. The zero-order valence-electron chi connectivity index (χ0n) is 11.3. The Kier molecular flexibility index (Phi) is 5.41. The molecule has 1 aromatic rings. The summed E-state index contributed by atoms with van der Waals surface area (Å²) in [6.45, 7) is 1.40. The Bertz CT molecular complexity index is 594. The van der Waals surface area contributed by atoms with E-state index in [4.69, 9.17) is 9.84 Å². The number of carboxylic acid groups (broad SMARTS) is 1. The number of nitro benzene ring substituents is 1. The summed E-state index contributed by atoms with van der Waals surface area (Å²) in [6, 6.07) is 3.88. The predicted octanol–water partition coefficient (Wildman–Crippen LogP) is 1.63. The summed E-state index contributed by atoms with van der Waals surface area (Å²) in [4.78, 5) is 32.0. The quantitative estimate of drug-likeness (QED) is 0.367. The average Bonchev–Trinajstić information content (AvgIpc) is 2.44. The van der Waals surface area contributed by atoms with Crippen molar-refractivity contribution in [2.24, 2.45) is 0 Å². The molecule has 0 bridgehead atoms. The Morgan fingerprint density at radius 3 is 2.62 bits per heavy atom. The van der Waals surface area contributed by atoms with Gasteiger partial charge in [0.15, 0.2) is 11.9 Å². The first-order valence-electron chi connectivity index (χ1n) is 5.79. The fourth-order valence-electron chi connectivity index (χ4n) is 1.45. The number of methoxy groups -OCH3 is 1. The van der Waals surface area contributed by atoms with Gasteiger partial charge in [-0.1, -0.05) is 6.07 Å². The van der Waals surface area contributed by atoms with Gasteiger partial charge >= 0.3 is 17.6 Å². The third kappa shape index (κ3) is 4.60. The van der Waals surface area contributed by atoms with E-state index < -0.39 is 23.0 Å². The number of carbonyl (C=O) groups excluding carboxylic acids is 1. The van der Waals surface area contributed by atoms with Gasteiger partial charge < -0.3 is 14.6 Å². The predicted molar refractivity (Wildman–Crippen MR) is 71.9 cm³/mol. The summed E-state index contributed by atoms with van der Waals surface area (Å²) in [5, 5.41) is 19.5. The number of ether oxygens (including phenoxy) is 2. The molecule has 1 N–H and O–H groups in total. The molecule has 0 aliphatic rings. The second kappa shape index (κ2) is 7.04. The number of carboxylic acids is 1. The lowest BCUT2D eigenvalue weighted by atomic mass is 10.1. The van der Waals surface area contributed by atoms with Crippen LogP contribution in [0.25, 0.3) is 6.08 Å². The summed E-state index contributed by atoms with van der Waals surface area (Å²) in [5.74, 6) is -1.94. The molecular formula is C13H13NO7. The monoisotopic (exact) mass is 295 g/mol. The average molecular weight is 295 g/mol. The normalized spacial score (nSPS) is 11.9. The molecule has 0 heterocycles. The topological polar surface area (TPSA) is 116 Å². The van der Waals surface area contributed by atoms with Crippen LogP contribution in [0.5, 0.6) is 5.75 Å². The van der Waals surface area contributed by atoms with Gasteiger partial charge in [0.2, 0.25) is 0 Å². The van der Waals surface area contributed by atoms with Crippen molar-refractivity contribution in [3.05, 3.63) is 40.0 Å². The van der Waals surface area contributed by atoms with Crippen LogP contribution in [-0.2, 0) is 14.3 Å². The van der Waals surface area contributed by atoms with Crippen LogP contribution in [0.2, 0.25) is 0 Å². The van der Waals surface area contributed by atoms with E-state index in [0.717, 1.165) is 12.1 Å². The van der Waals surface area contributed by atoms with Gasteiger partial charge in [0.25, 0.3) is 0 Å². The molecule has 0 fully saturated rings. The van der Waals surface area contributed by atoms with Gasteiger partial charge in [-0.05, 0) is 24.6 Å². The van der Waals surface area contributed by atoms with Crippen LogP contribution in [0.3, 0.4) is 0 Å². The van der Waals surface area contributed by atoms with Crippen molar-refractivity contribution < 1.29 is 29.1 Å². The van der Waals surface area contributed by atoms with Crippen LogP contribution in [0, 0.1) is 10.1 Å². The summed E-state index contributed by atoms with van der Waals surface area (Å²) in [7, 11) is 1.18. The highest BCUT2D eigenvalue weighted by molar-refractivity contribution is 5.85. The summed E-state index contributed by atoms with van der Waals surface area (Å²) < 4.78 is 9.65. The summed E-state index contributed by atoms with van der Waals surface area (Å²) >= 11 is 0. The SMILES string of the molecule is COC(=O)C(C)Oc1ccc(C=CC(=O)O)cc1[N+](=O)[O-]. The van der Waals surface area contributed by atoms with E-state index in [0.29, 0.717) is 5.56 Å². The molecule has 0 aliphatic heterocycles. The highest BCUT2D eigenvalue weighted by Crippen LogP contribution is 2.29. The van der Waals surface area contributed by atoms with Crippen LogP contribution in [0.15, 0.2) is 24.3 Å². The minimum Gasteiger partial charge on any atom is -0.478 e. The molecule has 0 amide bonds. The zero-order valence-corrected chi connectivity index (χ0v) is 11.3. The Labute approximate surface area is 119 Å². The molecule has 1 atom stereocenters. The van der Waals surface area contributed by atoms with Gasteiger partial charge in [-0.15, -0.1) is 0 Å². The zero-order chi connectivity index (χ0) is 16.0. The molecule has 8 nitrogen and oxygen atoms in total. The molecule has 112 valence electrons. The molecule has 1 unspecified atom stereocenters. The highest BCUT2D eigenvalue weighted by atomic mass is 16.6. The van der Waals surface area contributed by atoms with Gasteiger partial charge in [-0.2, -0.15) is 0 Å². The maximum atomic E-state index is 11.2. The van der Waals surface area contributed by atoms with Gasteiger partial charge in [0.1, 0.15) is 0 Å². The molecule has 1 aromatic carbocycles. The Morgan fingerprint density at radius 1 is 1.43 bits per heavy atom. The number of carbonyl (C=O) groups is 2. The third-order valence-corrected chi connectivity index (χ3v) is 2.43. The van der Waals surface area contributed by atoms with Crippen molar-refractivity contribution in [2.75, 3.05) is 7.11 Å². The van der Waals surface area contributed by atoms with Crippen molar-refractivity contribution in [1.82, 2.24) is 0 Å². The van der Waals surface area contributed by atoms with Crippen LogP contribution in [0.1, 0.15) is 12.5 Å². The number of nitro groups is 1. The Hall–Kier alpha value is -2.90. The van der Waals surface area contributed by atoms with Crippen molar-refractivity contribution >= 4 is 23.7 Å². The van der Waals surface area contributed by atoms with Crippen LogP contribution >= 0.6 is 0 Å². The van der Waals surface area contributed by atoms with E-state index in [9.17, 15) is 19.7 Å². The minimum absolute atomic E-state index is 0.106. The molecule has 0 saturated carbocycles. The summed E-state index contributed by atoms with van der Waals surface area (Å²) in [6.07, 6.45) is 1.06. The smallest absolute Gasteiger partial charge is 0.346 e. The minimum atomic E-state index is -1.17. The van der Waals surface area contributed by atoms with Crippen molar-refractivity contribution in [3.8, 4) is 5.75 Å². The molecule has 21 heavy (non-hydrogen) atoms. The van der Waals surface area contributed by atoms with Crippen LogP contribution < -0.4 is 4.74 Å². The first kappa shape index (κ1) is 16.2. The fourth-order valence-corrected chi connectivity index (χ4v) is 1.45. The number of hydrogen-bond acceptors (Lipinski definition) is 6. The van der Waals surface area contributed by atoms with Crippen molar-refractivity contribution in [3.63, 3.8) is 0 Å². The number of nitrogens with zero attached hydrogens (tertiary/aromatic N) is 1. The fraction of sp³-hybridized carbons (Fsp3) is 0.231. The van der Waals surface area contributed by atoms with Gasteiger partial charge in [-0.3, -0.25) is 10.1 Å². The lowest BCUT2D eigenvalue weighted by Crippen LogP contribution is -2.25. The van der Waals surface area contributed by atoms with Gasteiger partial charge in [0, 0.05) is 12.1 Å². The van der Waals surface area contributed by atoms with Crippen molar-refractivity contribution in [2.45, 2.75) is 13.0 Å². The second-order valence-electron chi connectivity index (χ2n) is 3.94. The van der Waals surface area contributed by atoms with Crippen LogP contribution in [-0.4, -0.2) is 35.2 Å². The van der Waals surface area contributed by atoms with E-state index in [2.05, 4.69) is 4.74 Å². The lowest BCUT2D eigenvalue weighted by molar-refractivity contribution is -0.386. The molecule has 0 aliphatic carbocycles. The molecule has 1 rings (SSSR count). The molecule has 8 heteroatoms. The Morgan fingerprint density at radius 2 is 2.10 bits per heavy atom. The maximum Gasteiger partial charge on any atom is 0.346 e. The second-order valence-corrected chi connectivity index (χ2v) is 3.94. The van der Waals surface area contributed by atoms with Crippen LogP contribution in [0.4, 0.5) is 5.69 Å². The largest absolute Gasteiger partial charge is 0.478 e. The first-order chi connectivity index (χ1) is 9.85. The molecule has 0 spiro atoms. The maximum absolute atomic E-state index is 11.2.